The molecule has 1 saturated carbocycles. The van der Waals surface area contributed by atoms with Crippen LogP contribution in [-0.2, 0) is 17.9 Å². The Kier molecular flexibility index (Phi) is 7.69. The molecule has 0 spiro atoms. The maximum atomic E-state index is 12.8. The molecule has 1 fully saturated rings. The van der Waals surface area contributed by atoms with E-state index in [4.69, 9.17) is 4.74 Å². The minimum atomic E-state index is -0.277. The minimum absolute atomic E-state index is 0.0250. The molecule has 10 heteroatoms. The molecule has 2 heterocycles. The van der Waals surface area contributed by atoms with E-state index in [9.17, 15) is 9.59 Å². The van der Waals surface area contributed by atoms with Crippen LogP contribution >= 0.6 is 0 Å². The summed E-state index contributed by atoms with van der Waals surface area (Å²) in [4.78, 5) is 30.0. The lowest BCUT2D eigenvalue weighted by molar-refractivity contribution is -0.119. The first-order valence-electron chi connectivity index (χ1n) is 11.8. The number of amides is 2. The van der Waals surface area contributed by atoms with Crippen LogP contribution in [0.15, 0.2) is 36.4 Å². The van der Waals surface area contributed by atoms with Gasteiger partial charge in [0, 0.05) is 30.8 Å². The lowest BCUT2D eigenvalue weighted by atomic mass is 9.86. The van der Waals surface area contributed by atoms with Crippen molar-refractivity contribution >= 4 is 11.8 Å². The summed E-state index contributed by atoms with van der Waals surface area (Å²) >= 11 is 0. The normalized spacial score (nSPS) is 17.6. The van der Waals surface area contributed by atoms with E-state index in [1.807, 2.05) is 37.3 Å². The van der Waals surface area contributed by atoms with Crippen molar-refractivity contribution in [1.29, 1.82) is 0 Å². The van der Waals surface area contributed by atoms with Gasteiger partial charge >= 0.3 is 0 Å². The van der Waals surface area contributed by atoms with Crippen LogP contribution in [0.1, 0.15) is 54.4 Å². The van der Waals surface area contributed by atoms with E-state index in [2.05, 4.69) is 31.0 Å². The fourth-order valence-corrected chi connectivity index (χ4v) is 4.41. The van der Waals surface area contributed by atoms with Gasteiger partial charge in [-0.3, -0.25) is 9.59 Å². The Labute approximate surface area is 204 Å². The molecule has 184 valence electrons. The highest BCUT2D eigenvalue weighted by molar-refractivity contribution is 5.93. The lowest BCUT2D eigenvalue weighted by Crippen LogP contribution is -2.36. The van der Waals surface area contributed by atoms with Crippen LogP contribution in [0, 0.1) is 12.8 Å². The highest BCUT2D eigenvalue weighted by atomic mass is 16.5. The molecular formula is C25H31N7O3. The van der Waals surface area contributed by atoms with Crippen molar-refractivity contribution in [3.05, 3.63) is 53.3 Å². The molecule has 35 heavy (non-hydrogen) atoms. The summed E-state index contributed by atoms with van der Waals surface area (Å²) in [6.45, 7) is 4.43. The van der Waals surface area contributed by atoms with Crippen LogP contribution in [0.2, 0.25) is 0 Å². The number of ether oxygens (including phenoxy) is 1. The number of hydrogen-bond acceptors (Lipinski definition) is 7. The Morgan fingerprint density at radius 2 is 1.94 bits per heavy atom. The van der Waals surface area contributed by atoms with Crippen molar-refractivity contribution in [2.75, 3.05) is 7.11 Å². The molecule has 0 saturated heterocycles. The molecule has 2 N–H and O–H groups in total. The largest absolute Gasteiger partial charge is 0.497 e. The van der Waals surface area contributed by atoms with E-state index in [1.54, 1.807) is 24.9 Å². The Morgan fingerprint density at radius 3 is 2.69 bits per heavy atom. The summed E-state index contributed by atoms with van der Waals surface area (Å²) in [7, 11) is 1.61. The third-order valence-corrected chi connectivity index (χ3v) is 6.16. The quantitative estimate of drug-likeness (QED) is 0.511. The van der Waals surface area contributed by atoms with Crippen LogP contribution in [-0.4, -0.2) is 50.2 Å². The summed E-state index contributed by atoms with van der Waals surface area (Å²) in [5.41, 5.74) is 2.63. The monoisotopic (exact) mass is 477 g/mol. The van der Waals surface area contributed by atoms with Gasteiger partial charge in [0.25, 0.3) is 5.91 Å². The Bertz CT molecular complexity index is 1190. The number of carbonyl (C=O) groups excluding carboxylic acids is 2. The van der Waals surface area contributed by atoms with Crippen LogP contribution in [0.4, 0.5) is 0 Å². The van der Waals surface area contributed by atoms with E-state index in [1.165, 1.54) is 0 Å². The fraction of sp³-hybridized carbons (Fsp3) is 0.440. The second kappa shape index (κ2) is 11.1. The average Bonchev–Trinajstić information content (AvgIpc) is 3.32. The van der Waals surface area contributed by atoms with Gasteiger partial charge in [0.1, 0.15) is 11.4 Å². The summed E-state index contributed by atoms with van der Waals surface area (Å²) in [6.07, 6.45) is 3.94. The molecular weight excluding hydrogens is 446 g/mol. The third-order valence-electron chi connectivity index (χ3n) is 6.16. The number of benzene rings is 1. The van der Waals surface area contributed by atoms with Crippen molar-refractivity contribution in [2.45, 2.75) is 58.7 Å². The topological polar surface area (TPSA) is 124 Å². The second-order valence-corrected chi connectivity index (χ2v) is 9.00. The summed E-state index contributed by atoms with van der Waals surface area (Å²) in [5, 5.41) is 18.9. The van der Waals surface area contributed by atoms with E-state index in [0.29, 0.717) is 41.8 Å². The zero-order chi connectivity index (χ0) is 24.8. The Morgan fingerprint density at radius 1 is 1.14 bits per heavy atom. The van der Waals surface area contributed by atoms with Crippen molar-refractivity contribution in [3.8, 4) is 17.1 Å². The maximum absolute atomic E-state index is 12.8. The van der Waals surface area contributed by atoms with E-state index < -0.39 is 0 Å². The number of carbonyl (C=O) groups is 2. The molecule has 0 radical (unpaired) electrons. The SMILES string of the molecule is COc1cccc(CNC(=O)c2cc(-c3nnn(C[C@H]4CC[C@H](NC(C)=O)CC4)n3)cc(C)n2)c1. The summed E-state index contributed by atoms with van der Waals surface area (Å²) < 4.78 is 5.23. The number of tetrazole rings is 1. The zero-order valence-corrected chi connectivity index (χ0v) is 20.3. The number of rotatable bonds is 8. The Hall–Kier alpha value is -3.82. The smallest absolute Gasteiger partial charge is 0.270 e. The van der Waals surface area contributed by atoms with Gasteiger partial charge in [-0.15, -0.1) is 10.2 Å². The van der Waals surface area contributed by atoms with Gasteiger partial charge in [-0.1, -0.05) is 12.1 Å². The van der Waals surface area contributed by atoms with E-state index in [0.717, 1.165) is 37.0 Å². The molecule has 0 aliphatic heterocycles. The minimum Gasteiger partial charge on any atom is -0.497 e. The highest BCUT2D eigenvalue weighted by Gasteiger charge is 2.23. The lowest BCUT2D eigenvalue weighted by Gasteiger charge is -2.28. The number of nitrogens with one attached hydrogen (secondary N) is 2. The summed E-state index contributed by atoms with van der Waals surface area (Å²) in [6, 6.07) is 11.3. The number of methoxy groups -OCH3 is 1. The molecule has 2 aromatic heterocycles. The second-order valence-electron chi connectivity index (χ2n) is 9.00. The summed E-state index contributed by atoms with van der Waals surface area (Å²) in [5.74, 6) is 1.39. The predicted molar refractivity (Wildman–Crippen MR) is 130 cm³/mol. The third kappa shape index (κ3) is 6.62. The van der Waals surface area contributed by atoms with Gasteiger partial charge in [0.2, 0.25) is 11.7 Å². The first kappa shape index (κ1) is 24.3. The van der Waals surface area contributed by atoms with Crippen LogP contribution < -0.4 is 15.4 Å². The molecule has 4 rings (SSSR count). The molecule has 1 aromatic carbocycles. The number of aryl methyl sites for hydroxylation is 1. The molecule has 10 nitrogen and oxygen atoms in total. The number of aromatic nitrogens is 5. The predicted octanol–water partition coefficient (Wildman–Crippen LogP) is 2.68. The first-order valence-corrected chi connectivity index (χ1v) is 11.8. The van der Waals surface area contributed by atoms with Crippen molar-refractivity contribution in [3.63, 3.8) is 0 Å². The zero-order valence-electron chi connectivity index (χ0n) is 20.3. The molecule has 1 aliphatic rings. The van der Waals surface area contributed by atoms with Crippen LogP contribution in [0.5, 0.6) is 5.75 Å². The van der Waals surface area contributed by atoms with Crippen molar-refractivity contribution < 1.29 is 14.3 Å². The average molecular weight is 478 g/mol. The van der Waals surface area contributed by atoms with Gasteiger partial charge in [-0.25, -0.2) is 4.98 Å². The van der Waals surface area contributed by atoms with E-state index in [-0.39, 0.29) is 17.9 Å². The van der Waals surface area contributed by atoms with E-state index >= 15 is 0 Å². The molecule has 1 aliphatic carbocycles. The van der Waals surface area contributed by atoms with Crippen molar-refractivity contribution in [1.82, 2.24) is 35.8 Å². The molecule has 3 aromatic rings. The molecule has 0 bridgehead atoms. The van der Waals surface area contributed by atoms with Crippen LogP contribution in [0.3, 0.4) is 0 Å². The molecule has 0 atom stereocenters. The van der Waals surface area contributed by atoms with Gasteiger partial charge in [0.15, 0.2) is 0 Å². The van der Waals surface area contributed by atoms with Crippen LogP contribution in [0.25, 0.3) is 11.4 Å². The standard InChI is InChI=1S/C25H31N7O3/c1-16-11-20(13-23(27-16)25(34)26-14-19-5-4-6-22(12-19)35-3)24-29-31-32(30-24)15-18-7-9-21(10-8-18)28-17(2)33/h4-6,11-13,18,21H,7-10,14-15H2,1-3H3,(H,26,34)(H,28,33)/t18-,21-. The maximum Gasteiger partial charge on any atom is 0.270 e. The van der Waals surface area contributed by atoms with Crippen molar-refractivity contribution in [2.24, 2.45) is 5.92 Å². The van der Waals surface area contributed by atoms with Gasteiger partial charge in [-0.2, -0.15) is 4.80 Å². The fourth-order valence-electron chi connectivity index (χ4n) is 4.41. The molecule has 2 amide bonds. The van der Waals surface area contributed by atoms with Gasteiger partial charge in [-0.05, 0) is 73.6 Å². The molecule has 0 unspecified atom stereocenters. The number of nitrogens with zero attached hydrogens (tertiary/aromatic N) is 5. The first-order chi connectivity index (χ1) is 16.9. The van der Waals surface area contributed by atoms with Gasteiger partial charge in [0.05, 0.1) is 13.7 Å². The Balaban J connectivity index is 1.38. The number of hydrogen-bond donors (Lipinski definition) is 2. The van der Waals surface area contributed by atoms with Gasteiger partial charge < -0.3 is 15.4 Å². The highest BCUT2D eigenvalue weighted by Crippen LogP contribution is 2.25. The number of pyridine rings is 1.